The number of nitrogens with zero attached hydrogens (tertiary/aromatic N) is 1. The number of amides is 1. The molecule has 0 radical (unpaired) electrons. The largest absolute Gasteiger partial charge is 0.438 e. The van der Waals surface area contributed by atoms with Crippen LogP contribution < -0.4 is 0 Å². The van der Waals surface area contributed by atoms with Crippen molar-refractivity contribution < 1.29 is 14.6 Å². The Morgan fingerprint density at radius 1 is 1.50 bits per heavy atom. The second kappa shape index (κ2) is 5.14. The molecule has 1 aliphatic rings. The lowest BCUT2D eigenvalue weighted by atomic mass is 9.88. The van der Waals surface area contributed by atoms with Gasteiger partial charge in [-0.05, 0) is 40.5 Å². The maximum absolute atomic E-state index is 11.8. The van der Waals surface area contributed by atoms with Crippen LogP contribution in [0.1, 0.15) is 40.5 Å². The minimum atomic E-state index is -1.31. The van der Waals surface area contributed by atoms with E-state index < -0.39 is 17.4 Å². The number of hydrogen-bond acceptors (Lipinski definition) is 3. The molecule has 0 aliphatic carbocycles. The van der Waals surface area contributed by atoms with Crippen molar-refractivity contribution >= 4 is 6.09 Å². The summed E-state index contributed by atoms with van der Waals surface area (Å²) in [6.45, 7) is 11.3. The lowest BCUT2D eigenvalue weighted by Gasteiger charge is -2.37. The number of cyclic esters (lactones) is 1. The van der Waals surface area contributed by atoms with E-state index in [9.17, 15) is 9.90 Å². The molecule has 1 heterocycles. The lowest BCUT2D eigenvalue weighted by molar-refractivity contribution is -0.136. The second-order valence-electron chi connectivity index (χ2n) is 5.34. The number of allylic oxidation sites excluding steroid dienone is 2. The van der Waals surface area contributed by atoms with Crippen molar-refractivity contribution in [1.29, 1.82) is 0 Å². The highest BCUT2D eigenvalue weighted by atomic mass is 16.6. The molecule has 1 aliphatic heterocycles. The highest BCUT2D eigenvalue weighted by molar-refractivity contribution is 5.72. The first-order valence-corrected chi connectivity index (χ1v) is 6.22. The maximum Gasteiger partial charge on any atom is 0.413 e. The van der Waals surface area contributed by atoms with Gasteiger partial charge in [0.2, 0.25) is 0 Å². The summed E-state index contributed by atoms with van der Waals surface area (Å²) in [5, 5.41) is 10.6. The van der Waals surface area contributed by atoms with E-state index in [0.717, 1.165) is 6.42 Å². The molecule has 1 rings (SSSR count). The van der Waals surface area contributed by atoms with Crippen LogP contribution in [-0.2, 0) is 4.74 Å². The summed E-state index contributed by atoms with van der Waals surface area (Å²) in [6, 6.07) is 0. The Kier molecular flexibility index (Phi) is 4.22. The fourth-order valence-electron chi connectivity index (χ4n) is 2.11. The minimum Gasteiger partial charge on any atom is -0.438 e. The topological polar surface area (TPSA) is 49.8 Å². The second-order valence-corrected chi connectivity index (χ2v) is 5.34. The fourth-order valence-corrected chi connectivity index (χ4v) is 2.11. The van der Waals surface area contributed by atoms with Gasteiger partial charge in [-0.3, -0.25) is 4.90 Å². The Hall–Kier alpha value is -1.29. The molecule has 0 aromatic carbocycles. The summed E-state index contributed by atoms with van der Waals surface area (Å²) in [6.07, 6.45) is 4.53. The molecular formula is C14H23NO3. The van der Waals surface area contributed by atoms with Crippen LogP contribution in [-0.4, -0.2) is 34.0 Å². The summed E-state index contributed by atoms with van der Waals surface area (Å²) in [5.74, 6) is 0. The van der Waals surface area contributed by atoms with E-state index in [-0.39, 0.29) is 6.54 Å². The van der Waals surface area contributed by atoms with Crippen LogP contribution in [0.15, 0.2) is 24.3 Å². The van der Waals surface area contributed by atoms with Crippen molar-refractivity contribution in [3.63, 3.8) is 0 Å². The first-order chi connectivity index (χ1) is 8.24. The van der Waals surface area contributed by atoms with E-state index >= 15 is 0 Å². The summed E-state index contributed by atoms with van der Waals surface area (Å²) < 4.78 is 5.37. The Labute approximate surface area is 109 Å². The average Bonchev–Trinajstić information content (AvgIpc) is 2.39. The van der Waals surface area contributed by atoms with Crippen LogP contribution in [0.25, 0.3) is 0 Å². The van der Waals surface area contributed by atoms with E-state index in [1.807, 2.05) is 13.8 Å². The van der Waals surface area contributed by atoms with Gasteiger partial charge in [0, 0.05) is 6.54 Å². The Morgan fingerprint density at radius 2 is 2.11 bits per heavy atom. The van der Waals surface area contributed by atoms with Crippen LogP contribution in [0.3, 0.4) is 0 Å². The van der Waals surface area contributed by atoms with E-state index in [0.29, 0.717) is 6.42 Å². The molecule has 102 valence electrons. The van der Waals surface area contributed by atoms with Crippen LogP contribution >= 0.6 is 0 Å². The van der Waals surface area contributed by atoms with Crippen LogP contribution in [0.5, 0.6) is 0 Å². The zero-order valence-electron chi connectivity index (χ0n) is 11.7. The molecule has 4 heteroatoms. The van der Waals surface area contributed by atoms with Gasteiger partial charge >= 0.3 is 6.09 Å². The predicted octanol–water partition coefficient (Wildman–Crippen LogP) is 2.84. The van der Waals surface area contributed by atoms with Crippen molar-refractivity contribution in [2.75, 3.05) is 6.54 Å². The van der Waals surface area contributed by atoms with E-state index in [1.54, 1.807) is 19.9 Å². The van der Waals surface area contributed by atoms with Gasteiger partial charge in [-0.25, -0.2) is 4.79 Å². The van der Waals surface area contributed by atoms with Crippen molar-refractivity contribution in [2.45, 2.75) is 51.9 Å². The molecule has 18 heavy (non-hydrogen) atoms. The van der Waals surface area contributed by atoms with Crippen molar-refractivity contribution in [3.05, 3.63) is 24.3 Å². The number of hydrogen-bond donors (Lipinski definition) is 1. The van der Waals surface area contributed by atoms with Gasteiger partial charge < -0.3 is 9.84 Å². The molecule has 1 N–H and O–H groups in total. The zero-order chi connectivity index (χ0) is 14.0. The molecule has 0 aromatic rings. The van der Waals surface area contributed by atoms with Gasteiger partial charge in [-0.1, -0.05) is 17.7 Å². The SMILES string of the molecule is C=CCN1C(=O)O[C@](C)(CCC=C(C)C)[C@]1(C)O. The quantitative estimate of drug-likeness (QED) is 0.766. The van der Waals surface area contributed by atoms with Gasteiger partial charge in [0.25, 0.3) is 0 Å². The third-order valence-corrected chi connectivity index (χ3v) is 3.55. The van der Waals surface area contributed by atoms with Crippen molar-refractivity contribution in [2.24, 2.45) is 0 Å². The number of rotatable bonds is 5. The fraction of sp³-hybridized carbons (Fsp3) is 0.643. The summed E-state index contributed by atoms with van der Waals surface area (Å²) in [4.78, 5) is 13.1. The standard InChI is InChI=1S/C14H23NO3/c1-6-10-15-12(16)18-13(4,14(15,5)17)9-7-8-11(2)3/h6,8,17H,1,7,9-10H2,2-5H3/t13-,14+/m1/s1. The van der Waals surface area contributed by atoms with E-state index in [4.69, 9.17) is 4.74 Å². The third-order valence-electron chi connectivity index (χ3n) is 3.55. The molecule has 0 bridgehead atoms. The predicted molar refractivity (Wildman–Crippen MR) is 71.1 cm³/mol. The summed E-state index contributed by atoms with van der Waals surface area (Å²) in [7, 11) is 0. The highest BCUT2D eigenvalue weighted by Crippen LogP contribution is 2.40. The number of aliphatic hydroxyl groups is 1. The van der Waals surface area contributed by atoms with Crippen LogP contribution in [0.2, 0.25) is 0 Å². The highest BCUT2D eigenvalue weighted by Gasteiger charge is 2.58. The smallest absolute Gasteiger partial charge is 0.413 e. The van der Waals surface area contributed by atoms with Gasteiger partial charge in [-0.15, -0.1) is 6.58 Å². The molecule has 0 unspecified atom stereocenters. The summed E-state index contributed by atoms with van der Waals surface area (Å²) >= 11 is 0. The molecule has 2 atom stereocenters. The van der Waals surface area contributed by atoms with E-state index in [1.165, 1.54) is 10.5 Å². The normalized spacial score (nSPS) is 31.2. The minimum absolute atomic E-state index is 0.282. The van der Waals surface area contributed by atoms with E-state index in [2.05, 4.69) is 12.7 Å². The van der Waals surface area contributed by atoms with Crippen LogP contribution in [0, 0.1) is 0 Å². The van der Waals surface area contributed by atoms with Crippen LogP contribution in [0.4, 0.5) is 4.79 Å². The summed E-state index contributed by atoms with van der Waals surface area (Å²) in [5.41, 5.74) is -0.988. The van der Waals surface area contributed by atoms with Crippen molar-refractivity contribution in [1.82, 2.24) is 4.90 Å². The molecular weight excluding hydrogens is 230 g/mol. The lowest BCUT2D eigenvalue weighted by Crippen LogP contribution is -2.54. The number of carbonyl (C=O) groups excluding carboxylic acids is 1. The molecule has 1 amide bonds. The first-order valence-electron chi connectivity index (χ1n) is 6.22. The average molecular weight is 253 g/mol. The zero-order valence-corrected chi connectivity index (χ0v) is 11.7. The number of ether oxygens (including phenoxy) is 1. The number of carbonyl (C=O) groups is 1. The third kappa shape index (κ3) is 2.58. The van der Waals surface area contributed by atoms with Crippen molar-refractivity contribution in [3.8, 4) is 0 Å². The molecule has 0 aromatic heterocycles. The Bertz CT molecular complexity index is 369. The monoisotopic (exact) mass is 253 g/mol. The molecule has 1 saturated heterocycles. The maximum atomic E-state index is 11.8. The van der Waals surface area contributed by atoms with Gasteiger partial charge in [0.1, 0.15) is 0 Å². The Balaban J connectivity index is 2.85. The molecule has 1 fully saturated rings. The van der Waals surface area contributed by atoms with Gasteiger partial charge in [0.05, 0.1) is 0 Å². The molecule has 0 spiro atoms. The van der Waals surface area contributed by atoms with Gasteiger partial charge in [-0.2, -0.15) is 0 Å². The molecule has 0 saturated carbocycles. The molecule has 4 nitrogen and oxygen atoms in total. The Morgan fingerprint density at radius 3 is 2.61 bits per heavy atom. The first kappa shape index (κ1) is 14.8. The van der Waals surface area contributed by atoms with Gasteiger partial charge in [0.15, 0.2) is 11.3 Å².